The number of nitrogens with zero attached hydrogens (tertiary/aromatic N) is 1. The first-order chi connectivity index (χ1) is 9.43. The van der Waals surface area contributed by atoms with E-state index in [0.29, 0.717) is 0 Å². The minimum Gasteiger partial charge on any atom is -1.00 e. The topological polar surface area (TPSA) is 3.88 Å². The smallest absolute Gasteiger partial charge is 0.168 e. The van der Waals surface area contributed by atoms with E-state index in [0.717, 1.165) is 0 Å². The first kappa shape index (κ1) is 19.4. The number of halogens is 1. The molecule has 1 aromatic heterocycles. The van der Waals surface area contributed by atoms with E-state index in [9.17, 15) is 0 Å². The molecule has 0 saturated carbocycles. The molecule has 1 aromatic rings. The highest BCUT2D eigenvalue weighted by Crippen LogP contribution is 2.11. The lowest BCUT2D eigenvalue weighted by atomic mass is 10.1. The monoisotopic (exact) mass is 297 g/mol. The van der Waals surface area contributed by atoms with E-state index in [1.807, 2.05) is 0 Å². The largest absolute Gasteiger partial charge is 1.00 e. The fraction of sp³-hybridized carbons (Fsp3) is 0.722. The minimum atomic E-state index is 0. The van der Waals surface area contributed by atoms with Gasteiger partial charge in [-0.2, -0.15) is 0 Å². The summed E-state index contributed by atoms with van der Waals surface area (Å²) in [7, 11) is 0. The first-order valence-electron chi connectivity index (χ1n) is 8.37. The fourth-order valence-corrected chi connectivity index (χ4v) is 2.54. The maximum absolute atomic E-state index is 2.29. The van der Waals surface area contributed by atoms with Gasteiger partial charge in [-0.1, -0.05) is 70.8 Å². The summed E-state index contributed by atoms with van der Waals surface area (Å²) in [6, 6.07) is 6.30. The highest BCUT2D eigenvalue weighted by Gasteiger charge is 1.97. The van der Waals surface area contributed by atoms with Gasteiger partial charge in [-0.3, -0.25) is 0 Å². The minimum absolute atomic E-state index is 0. The molecule has 0 radical (unpaired) electrons. The standard InChI is InChI=1S/C18H32N.ClH/c1-2-3-4-5-6-7-8-9-10-11-13-16-19-17-14-12-15-18-19;/h12,14-15,17-18H,2-11,13,16H2,1H3;1H/q+1;/p-1. The predicted octanol–water partition coefficient (Wildman–Crippen LogP) is 2.29. The SMILES string of the molecule is CCCCCCCCCCCCC[n+]1ccccc1.[Cl-]. The van der Waals surface area contributed by atoms with E-state index in [1.54, 1.807) is 0 Å². The van der Waals surface area contributed by atoms with Crippen molar-refractivity contribution in [3.8, 4) is 0 Å². The van der Waals surface area contributed by atoms with Gasteiger partial charge in [0.1, 0.15) is 6.54 Å². The average molecular weight is 298 g/mol. The van der Waals surface area contributed by atoms with Crippen molar-refractivity contribution in [1.29, 1.82) is 0 Å². The van der Waals surface area contributed by atoms with Crippen LogP contribution in [0.3, 0.4) is 0 Å². The Balaban J connectivity index is 0.00000361. The second-order valence-corrected chi connectivity index (χ2v) is 5.65. The van der Waals surface area contributed by atoms with Gasteiger partial charge in [0.05, 0.1) is 0 Å². The van der Waals surface area contributed by atoms with Crippen molar-refractivity contribution in [1.82, 2.24) is 0 Å². The second kappa shape index (κ2) is 14.8. The van der Waals surface area contributed by atoms with Crippen molar-refractivity contribution in [2.45, 2.75) is 84.1 Å². The Morgan fingerprint density at radius 2 is 1.05 bits per heavy atom. The molecule has 0 aliphatic carbocycles. The number of pyridine rings is 1. The van der Waals surface area contributed by atoms with E-state index in [4.69, 9.17) is 0 Å². The summed E-state index contributed by atoms with van der Waals surface area (Å²) in [5.74, 6) is 0. The second-order valence-electron chi connectivity index (χ2n) is 5.65. The zero-order valence-corrected chi connectivity index (χ0v) is 14.0. The van der Waals surface area contributed by atoms with Crippen LogP contribution in [0.1, 0.15) is 77.6 Å². The van der Waals surface area contributed by atoms with Gasteiger partial charge in [-0.25, -0.2) is 4.57 Å². The Morgan fingerprint density at radius 3 is 1.55 bits per heavy atom. The lowest BCUT2D eigenvalue weighted by Crippen LogP contribution is -3.00. The van der Waals surface area contributed by atoms with Crippen molar-refractivity contribution in [2.24, 2.45) is 0 Å². The Labute approximate surface area is 132 Å². The van der Waals surface area contributed by atoms with Crippen LogP contribution in [-0.2, 0) is 6.54 Å². The maximum Gasteiger partial charge on any atom is 0.168 e. The van der Waals surface area contributed by atoms with Crippen LogP contribution in [0.2, 0.25) is 0 Å². The van der Waals surface area contributed by atoms with Crippen LogP contribution in [0.4, 0.5) is 0 Å². The van der Waals surface area contributed by atoms with Crippen LogP contribution in [0.15, 0.2) is 30.6 Å². The Kier molecular flexibility index (Phi) is 14.4. The molecule has 2 heteroatoms. The van der Waals surface area contributed by atoms with Crippen molar-refractivity contribution < 1.29 is 17.0 Å². The van der Waals surface area contributed by atoms with Crippen molar-refractivity contribution in [3.63, 3.8) is 0 Å². The van der Waals surface area contributed by atoms with Crippen LogP contribution >= 0.6 is 0 Å². The normalized spacial score (nSPS) is 10.2. The molecule has 20 heavy (non-hydrogen) atoms. The molecule has 0 spiro atoms. The molecule has 0 aliphatic rings. The third kappa shape index (κ3) is 11.3. The molecule has 0 amide bonds. The summed E-state index contributed by atoms with van der Waals surface area (Å²) in [4.78, 5) is 0. The van der Waals surface area contributed by atoms with Crippen LogP contribution in [0, 0.1) is 0 Å². The predicted molar refractivity (Wildman–Crippen MR) is 83.1 cm³/mol. The van der Waals surface area contributed by atoms with Gasteiger partial charge in [-0.05, 0) is 6.42 Å². The summed E-state index contributed by atoms with van der Waals surface area (Å²) in [6.45, 7) is 3.46. The Bertz CT molecular complexity index is 287. The van der Waals surface area contributed by atoms with E-state index >= 15 is 0 Å². The van der Waals surface area contributed by atoms with Crippen LogP contribution in [0.25, 0.3) is 0 Å². The zero-order valence-electron chi connectivity index (χ0n) is 13.2. The van der Waals surface area contributed by atoms with Gasteiger partial charge in [0, 0.05) is 18.6 Å². The summed E-state index contributed by atoms with van der Waals surface area (Å²) in [6.07, 6.45) is 20.0. The Morgan fingerprint density at radius 1 is 0.600 bits per heavy atom. The molecule has 0 N–H and O–H groups in total. The molecule has 1 nitrogen and oxygen atoms in total. The van der Waals surface area contributed by atoms with Gasteiger partial charge in [0.2, 0.25) is 0 Å². The molecule has 1 heterocycles. The highest BCUT2D eigenvalue weighted by atomic mass is 35.5. The van der Waals surface area contributed by atoms with Crippen LogP contribution in [-0.4, -0.2) is 0 Å². The molecule has 1 rings (SSSR count). The summed E-state index contributed by atoms with van der Waals surface area (Å²) in [5, 5.41) is 0. The van der Waals surface area contributed by atoms with Crippen molar-refractivity contribution in [2.75, 3.05) is 0 Å². The third-order valence-electron chi connectivity index (χ3n) is 3.80. The lowest BCUT2D eigenvalue weighted by molar-refractivity contribution is -0.697. The molecular weight excluding hydrogens is 266 g/mol. The van der Waals surface area contributed by atoms with E-state index < -0.39 is 0 Å². The zero-order chi connectivity index (χ0) is 13.6. The molecular formula is C18H32ClN. The van der Waals surface area contributed by atoms with Crippen LogP contribution in [0.5, 0.6) is 0 Å². The van der Waals surface area contributed by atoms with E-state index in [2.05, 4.69) is 42.1 Å². The van der Waals surface area contributed by atoms with Gasteiger partial charge < -0.3 is 12.4 Å². The van der Waals surface area contributed by atoms with Crippen LogP contribution < -0.4 is 17.0 Å². The van der Waals surface area contributed by atoms with E-state index in [-0.39, 0.29) is 12.4 Å². The van der Waals surface area contributed by atoms with Gasteiger partial charge in [0.25, 0.3) is 0 Å². The average Bonchev–Trinajstić information content (AvgIpc) is 2.46. The molecule has 0 atom stereocenters. The maximum atomic E-state index is 2.29. The fourth-order valence-electron chi connectivity index (χ4n) is 2.54. The molecule has 0 aromatic carbocycles. The molecule has 116 valence electrons. The number of aromatic nitrogens is 1. The number of rotatable bonds is 12. The number of unbranched alkanes of at least 4 members (excludes halogenated alkanes) is 10. The van der Waals surface area contributed by atoms with Crippen molar-refractivity contribution >= 4 is 0 Å². The number of hydrogen-bond acceptors (Lipinski definition) is 0. The lowest BCUT2D eigenvalue weighted by Gasteiger charge is -2.01. The summed E-state index contributed by atoms with van der Waals surface area (Å²) >= 11 is 0. The molecule has 0 bridgehead atoms. The third-order valence-corrected chi connectivity index (χ3v) is 3.80. The molecule has 0 fully saturated rings. The quantitative estimate of drug-likeness (QED) is 0.412. The summed E-state index contributed by atoms with van der Waals surface area (Å²) < 4.78 is 2.29. The van der Waals surface area contributed by atoms with Crippen molar-refractivity contribution in [3.05, 3.63) is 30.6 Å². The van der Waals surface area contributed by atoms with Gasteiger partial charge >= 0.3 is 0 Å². The summed E-state index contributed by atoms with van der Waals surface area (Å²) in [5.41, 5.74) is 0. The number of hydrogen-bond donors (Lipinski definition) is 0. The highest BCUT2D eigenvalue weighted by molar-refractivity contribution is 4.83. The number of aryl methyl sites for hydroxylation is 1. The Hall–Kier alpha value is -0.560. The molecule has 0 unspecified atom stereocenters. The van der Waals surface area contributed by atoms with Gasteiger partial charge in [-0.15, -0.1) is 0 Å². The molecule has 0 saturated heterocycles. The van der Waals surface area contributed by atoms with E-state index in [1.165, 1.54) is 77.2 Å². The van der Waals surface area contributed by atoms with Gasteiger partial charge in [0.15, 0.2) is 12.4 Å². The molecule has 0 aliphatic heterocycles. The first-order valence-corrected chi connectivity index (χ1v) is 8.37.